The Hall–Kier alpha value is -17.4. The van der Waals surface area contributed by atoms with Gasteiger partial charge in [-0.25, -0.2) is 0 Å². The van der Waals surface area contributed by atoms with Gasteiger partial charge in [0.25, 0.3) is 0 Å². The van der Waals surface area contributed by atoms with E-state index in [0.717, 1.165) is 234 Å². The fraction of sp³-hybridized carbons (Fsp3) is 0. The highest BCUT2D eigenvalue weighted by Gasteiger charge is 2.31. The predicted molar refractivity (Wildman–Crippen MR) is 571 cm³/mol. The third-order valence-corrected chi connectivity index (χ3v) is 26.0. The van der Waals surface area contributed by atoms with Crippen molar-refractivity contribution in [1.29, 1.82) is 0 Å². The average Bonchev–Trinajstić information content (AvgIpc) is 0.733. The Bertz CT molecular complexity index is 6980. The van der Waals surface area contributed by atoms with Crippen LogP contribution in [0, 0.1) is 0 Å². The van der Waals surface area contributed by atoms with E-state index in [-0.39, 0.29) is 0 Å². The molecular weight excluding hydrogens is 1610 g/mol. The molecule has 628 valence electrons. The van der Waals surface area contributed by atoms with Crippen LogP contribution in [0.25, 0.3) is 235 Å². The van der Waals surface area contributed by atoms with E-state index in [2.05, 4.69) is 558 Å². The van der Waals surface area contributed by atoms with Crippen LogP contribution in [0.15, 0.2) is 546 Å². The summed E-state index contributed by atoms with van der Waals surface area (Å²) in [4.78, 5) is 0. The molecule has 0 aliphatic heterocycles. The highest BCUT2D eigenvalue weighted by molar-refractivity contribution is 6.14. The van der Waals surface area contributed by atoms with Crippen molar-refractivity contribution in [3.05, 3.63) is 557 Å². The van der Waals surface area contributed by atoms with E-state index in [1.165, 1.54) is 0 Å². The molecule has 0 aromatic heterocycles. The molecule has 22 aromatic rings. The van der Waals surface area contributed by atoms with Crippen LogP contribution in [0.2, 0.25) is 0 Å². The van der Waals surface area contributed by atoms with Crippen LogP contribution in [-0.4, -0.2) is 0 Å². The molecule has 0 amide bonds. The number of hydrogen-bond acceptors (Lipinski definition) is 0. The average molecular weight is 1700 g/mol. The number of benzene rings is 22. The maximum atomic E-state index is 2.51. The summed E-state index contributed by atoms with van der Waals surface area (Å²) in [6, 6.07) is 202. The Labute approximate surface area is 786 Å². The summed E-state index contributed by atoms with van der Waals surface area (Å²) in [7, 11) is 0. The molecule has 0 N–H and O–H groups in total. The minimum absolute atomic E-state index is 1.01. The molecule has 134 heavy (non-hydrogen) atoms. The smallest absolute Gasteiger partial charge is 0.00143 e. The van der Waals surface area contributed by atoms with Gasteiger partial charge in [0.1, 0.15) is 0 Å². The van der Waals surface area contributed by atoms with E-state index >= 15 is 0 Å². The molecule has 0 unspecified atom stereocenters. The van der Waals surface area contributed by atoms with Crippen molar-refractivity contribution in [2.45, 2.75) is 0 Å². The topological polar surface area (TPSA) is 0 Å². The fourth-order valence-electron chi connectivity index (χ4n) is 20.1. The van der Waals surface area contributed by atoms with Gasteiger partial charge in [-0.2, -0.15) is 0 Å². The Morgan fingerprint density at radius 2 is 0.187 bits per heavy atom. The Morgan fingerprint density at radius 3 is 0.313 bits per heavy atom. The predicted octanol–water partition coefficient (Wildman–Crippen LogP) is 37.2. The lowest BCUT2D eigenvalue weighted by atomic mass is 9.77. The molecule has 0 spiro atoms. The summed E-state index contributed by atoms with van der Waals surface area (Å²) >= 11 is 0. The summed E-state index contributed by atoms with van der Waals surface area (Å²) in [5.41, 5.74) is 46.8. The van der Waals surface area contributed by atoms with E-state index in [1.54, 1.807) is 0 Å². The van der Waals surface area contributed by atoms with Gasteiger partial charge in [-0.15, -0.1) is 0 Å². The molecule has 0 aliphatic rings. The third-order valence-electron chi connectivity index (χ3n) is 26.0. The SMILES string of the molecule is C(=C\c1cc(-c2cc(-c3ccccc3)c(-c3ccccc3)c(-c3ccccc3)c2-c2ccccc2)cc(-c2cc(-c3ccccc3)c(-c3ccccc3)c(-c3ccccc3)c2-c2ccccc2)c1)/c1cc(-c2cc(-c3ccccc3)c(-c3ccccc3)c(-c3ccccc3)c2-c2ccccc2)cc(-c2cc(-c3ccccc3)c(-c3ccccc3)c(-c3ccccc3)c2-c2ccccc2)c1. The summed E-state index contributed by atoms with van der Waals surface area (Å²) in [6.07, 6.45) is 4.82. The van der Waals surface area contributed by atoms with Crippen LogP contribution in [0.1, 0.15) is 11.1 Å². The van der Waals surface area contributed by atoms with Gasteiger partial charge in [-0.3, -0.25) is 0 Å². The highest BCUT2D eigenvalue weighted by atomic mass is 14.3. The summed E-state index contributed by atoms with van der Waals surface area (Å²) in [6.45, 7) is 0. The molecule has 0 saturated carbocycles. The van der Waals surface area contributed by atoms with Crippen LogP contribution >= 0.6 is 0 Å². The Balaban J connectivity index is 0.904. The molecule has 0 nitrogen and oxygen atoms in total. The quantitative estimate of drug-likeness (QED) is 0.0593. The van der Waals surface area contributed by atoms with Gasteiger partial charge in [0, 0.05) is 0 Å². The normalized spacial score (nSPS) is 11.3. The third kappa shape index (κ3) is 16.5. The minimum Gasteiger partial charge on any atom is -0.0622 e. The van der Waals surface area contributed by atoms with Crippen molar-refractivity contribution < 1.29 is 0 Å². The second kappa shape index (κ2) is 37.7. The van der Waals surface area contributed by atoms with Gasteiger partial charge in [-0.05, 0) is 294 Å². The first-order valence-electron chi connectivity index (χ1n) is 46.3. The lowest BCUT2D eigenvalue weighted by Crippen LogP contribution is -2.00. The molecule has 0 heterocycles. The van der Waals surface area contributed by atoms with E-state index < -0.39 is 0 Å². The zero-order valence-electron chi connectivity index (χ0n) is 74.1. The molecule has 0 aliphatic carbocycles. The van der Waals surface area contributed by atoms with Crippen molar-refractivity contribution in [2.75, 3.05) is 0 Å². The monoisotopic (exact) mass is 1700 g/mol. The van der Waals surface area contributed by atoms with Crippen LogP contribution in [0.4, 0.5) is 0 Å². The van der Waals surface area contributed by atoms with E-state index in [9.17, 15) is 0 Å². The fourth-order valence-corrected chi connectivity index (χ4v) is 20.1. The molecule has 0 bridgehead atoms. The number of hydrogen-bond donors (Lipinski definition) is 0. The largest absolute Gasteiger partial charge is 0.0622 e. The van der Waals surface area contributed by atoms with Gasteiger partial charge in [-0.1, -0.05) is 497 Å². The summed E-state index contributed by atoms with van der Waals surface area (Å²) in [5, 5.41) is 0. The minimum atomic E-state index is 1.01. The molecule has 0 heteroatoms. The van der Waals surface area contributed by atoms with Crippen molar-refractivity contribution in [3.8, 4) is 223 Å². The van der Waals surface area contributed by atoms with Crippen molar-refractivity contribution in [1.82, 2.24) is 0 Å². The second-order valence-corrected chi connectivity index (χ2v) is 34.3. The maximum Gasteiger partial charge on any atom is -0.00143 e. The first-order valence-corrected chi connectivity index (χ1v) is 46.3. The summed E-state index contributed by atoms with van der Waals surface area (Å²) in [5.74, 6) is 0. The van der Waals surface area contributed by atoms with Crippen LogP contribution in [-0.2, 0) is 0 Å². The molecule has 22 rings (SSSR count). The van der Waals surface area contributed by atoms with E-state index in [1.807, 2.05) is 0 Å². The molecule has 0 saturated heterocycles. The second-order valence-electron chi connectivity index (χ2n) is 34.3. The van der Waals surface area contributed by atoms with Crippen molar-refractivity contribution in [2.24, 2.45) is 0 Å². The van der Waals surface area contributed by atoms with E-state index in [0.29, 0.717) is 0 Å². The molecular formula is C134H92. The molecule has 22 aromatic carbocycles. The van der Waals surface area contributed by atoms with Crippen molar-refractivity contribution in [3.63, 3.8) is 0 Å². The van der Waals surface area contributed by atoms with Gasteiger partial charge in [0.05, 0.1) is 0 Å². The Morgan fingerprint density at radius 1 is 0.0821 bits per heavy atom. The van der Waals surface area contributed by atoms with Gasteiger partial charge < -0.3 is 0 Å². The van der Waals surface area contributed by atoms with Gasteiger partial charge in [0.15, 0.2) is 0 Å². The van der Waals surface area contributed by atoms with Gasteiger partial charge in [0.2, 0.25) is 0 Å². The first-order chi connectivity index (χ1) is 66.5. The van der Waals surface area contributed by atoms with Crippen LogP contribution in [0.3, 0.4) is 0 Å². The first kappa shape index (κ1) is 82.3. The maximum absolute atomic E-state index is 2.51. The van der Waals surface area contributed by atoms with Crippen LogP contribution in [0.5, 0.6) is 0 Å². The molecule has 0 radical (unpaired) electrons. The standard InChI is InChI=1S/C134H92/c1-17-49-95(50-18-1)115-89-119(127(103-65-33-9-34-66-103)131(107-73-41-13-42-74-107)123(115)99-57-25-5-26-58-99)111-83-93(84-112(87-111)120-90-116(96-51-19-2-20-52-96)124(100-59-27-6-28-60-100)132(108-75-43-14-44-76-108)128(120)104-67-35-10-36-68-104)81-82-94-85-113(121-91-117(97-53-21-3-22-54-97)125(101-61-29-7-30-62-101)133(109-77-45-15-46-78-109)129(121)105-69-37-11-38-70-105)88-114(86-94)122-92-118(98-55-23-4-24-56-98)126(102-63-31-8-32-64-102)134(110-79-47-16-48-80-110)130(122)106-71-39-12-40-72-106/h1-92H/b82-81+. The molecule has 0 atom stereocenters. The van der Waals surface area contributed by atoms with Gasteiger partial charge >= 0.3 is 0 Å². The van der Waals surface area contributed by atoms with E-state index in [4.69, 9.17) is 0 Å². The molecule has 0 fully saturated rings. The van der Waals surface area contributed by atoms with Crippen molar-refractivity contribution >= 4 is 12.2 Å². The highest BCUT2D eigenvalue weighted by Crippen LogP contribution is 2.58. The zero-order chi connectivity index (χ0) is 89.3. The number of rotatable bonds is 22. The zero-order valence-corrected chi connectivity index (χ0v) is 74.1. The Kier molecular flexibility index (Phi) is 23.2. The summed E-state index contributed by atoms with van der Waals surface area (Å²) < 4.78 is 0. The lowest BCUT2D eigenvalue weighted by molar-refractivity contribution is 1.50. The van der Waals surface area contributed by atoms with Crippen LogP contribution < -0.4 is 0 Å². The lowest BCUT2D eigenvalue weighted by Gasteiger charge is -2.26.